The van der Waals surface area contributed by atoms with Crippen LogP contribution in [0.1, 0.15) is 56.6 Å². The molecule has 126 valence electrons. The van der Waals surface area contributed by atoms with Crippen LogP contribution < -0.4 is 15.8 Å². The number of carbonyl (C=O) groups is 1. The first kappa shape index (κ1) is 16.6. The van der Waals surface area contributed by atoms with Crippen LogP contribution >= 0.6 is 11.6 Å². The number of hydrogen-bond acceptors (Lipinski definition) is 3. The van der Waals surface area contributed by atoms with Crippen molar-refractivity contribution in [2.45, 2.75) is 51.0 Å². The van der Waals surface area contributed by atoms with Crippen LogP contribution in [0.4, 0.5) is 0 Å². The highest BCUT2D eigenvalue weighted by atomic mass is 35.5. The highest BCUT2D eigenvalue weighted by molar-refractivity contribution is 6.32. The average Bonchev–Trinajstić information content (AvgIpc) is 2.56. The molecule has 0 saturated heterocycles. The minimum absolute atomic E-state index is 0.00926. The van der Waals surface area contributed by atoms with Gasteiger partial charge < -0.3 is 15.8 Å². The van der Waals surface area contributed by atoms with Gasteiger partial charge in [-0.15, -0.1) is 0 Å². The van der Waals surface area contributed by atoms with E-state index in [9.17, 15) is 4.79 Å². The fourth-order valence-corrected chi connectivity index (χ4v) is 4.11. The van der Waals surface area contributed by atoms with Gasteiger partial charge in [0.1, 0.15) is 5.75 Å². The Bertz CT molecular complexity index is 570. The second kappa shape index (κ2) is 7.10. The number of halogens is 1. The van der Waals surface area contributed by atoms with Crippen LogP contribution in [0.25, 0.3) is 0 Å². The number of ether oxygens (including phenoxy) is 1. The lowest BCUT2D eigenvalue weighted by molar-refractivity contribution is -0.124. The SMILES string of the molecule is NCC1(CC(=O)NC2CCOc3c(Cl)cccc32)CCCCC1. The Kier molecular flexibility index (Phi) is 5.12. The Morgan fingerprint density at radius 3 is 2.87 bits per heavy atom. The van der Waals surface area contributed by atoms with E-state index in [1.54, 1.807) is 0 Å². The number of para-hydroxylation sites is 1. The zero-order valence-corrected chi connectivity index (χ0v) is 14.2. The number of carbonyl (C=O) groups excluding carboxylic acids is 1. The van der Waals surface area contributed by atoms with Crippen molar-refractivity contribution in [3.05, 3.63) is 28.8 Å². The molecule has 0 aromatic heterocycles. The second-order valence-electron chi connectivity index (χ2n) is 6.86. The number of hydrogen-bond donors (Lipinski definition) is 2. The molecule has 2 aliphatic rings. The fraction of sp³-hybridized carbons (Fsp3) is 0.611. The molecule has 1 aliphatic carbocycles. The molecule has 1 unspecified atom stereocenters. The lowest BCUT2D eigenvalue weighted by Crippen LogP contribution is -2.40. The van der Waals surface area contributed by atoms with Crippen molar-refractivity contribution >= 4 is 17.5 Å². The van der Waals surface area contributed by atoms with Crippen molar-refractivity contribution in [1.82, 2.24) is 5.32 Å². The molecule has 1 heterocycles. The van der Waals surface area contributed by atoms with Gasteiger partial charge in [0, 0.05) is 18.4 Å². The van der Waals surface area contributed by atoms with Crippen molar-refractivity contribution in [3.8, 4) is 5.75 Å². The predicted octanol–water partition coefficient (Wildman–Crippen LogP) is 3.58. The van der Waals surface area contributed by atoms with Gasteiger partial charge in [-0.3, -0.25) is 4.79 Å². The topological polar surface area (TPSA) is 64.4 Å². The first-order chi connectivity index (χ1) is 11.1. The number of rotatable bonds is 4. The average molecular weight is 337 g/mol. The largest absolute Gasteiger partial charge is 0.492 e. The quantitative estimate of drug-likeness (QED) is 0.883. The minimum Gasteiger partial charge on any atom is -0.492 e. The molecule has 0 spiro atoms. The number of nitrogens with two attached hydrogens (primary N) is 1. The van der Waals surface area contributed by atoms with Gasteiger partial charge in [0.2, 0.25) is 5.91 Å². The summed E-state index contributed by atoms with van der Waals surface area (Å²) in [5, 5.41) is 3.78. The molecular weight excluding hydrogens is 312 g/mol. The molecule has 1 aromatic carbocycles. The third kappa shape index (κ3) is 3.64. The molecule has 1 fully saturated rings. The number of fused-ring (bicyclic) bond motifs is 1. The second-order valence-corrected chi connectivity index (χ2v) is 7.26. The Balaban J connectivity index is 1.68. The van der Waals surface area contributed by atoms with Gasteiger partial charge in [0.15, 0.2) is 0 Å². The summed E-state index contributed by atoms with van der Waals surface area (Å²) >= 11 is 6.19. The molecule has 23 heavy (non-hydrogen) atoms. The zero-order valence-electron chi connectivity index (χ0n) is 13.4. The van der Waals surface area contributed by atoms with Gasteiger partial charge in [-0.1, -0.05) is 43.0 Å². The number of nitrogens with one attached hydrogen (secondary N) is 1. The van der Waals surface area contributed by atoms with Crippen LogP contribution in [-0.4, -0.2) is 19.1 Å². The number of amides is 1. The van der Waals surface area contributed by atoms with E-state index in [0.29, 0.717) is 30.3 Å². The first-order valence-corrected chi connectivity index (χ1v) is 8.92. The molecule has 3 rings (SSSR count). The van der Waals surface area contributed by atoms with Gasteiger partial charge in [-0.2, -0.15) is 0 Å². The van der Waals surface area contributed by atoms with E-state index in [1.807, 2.05) is 18.2 Å². The summed E-state index contributed by atoms with van der Waals surface area (Å²) in [5.74, 6) is 0.798. The molecule has 1 saturated carbocycles. The summed E-state index contributed by atoms with van der Waals surface area (Å²) in [7, 11) is 0. The third-order valence-electron chi connectivity index (χ3n) is 5.24. The summed E-state index contributed by atoms with van der Waals surface area (Å²) in [6.45, 7) is 1.17. The van der Waals surface area contributed by atoms with E-state index in [0.717, 1.165) is 24.8 Å². The Morgan fingerprint density at radius 2 is 2.13 bits per heavy atom. The Morgan fingerprint density at radius 1 is 1.35 bits per heavy atom. The van der Waals surface area contributed by atoms with E-state index >= 15 is 0 Å². The normalized spacial score (nSPS) is 22.8. The molecule has 0 bridgehead atoms. The van der Waals surface area contributed by atoms with E-state index in [2.05, 4.69) is 5.32 Å². The van der Waals surface area contributed by atoms with E-state index in [1.165, 1.54) is 19.3 Å². The van der Waals surface area contributed by atoms with E-state index < -0.39 is 0 Å². The lowest BCUT2D eigenvalue weighted by Gasteiger charge is -2.36. The molecule has 0 radical (unpaired) electrons. The summed E-state index contributed by atoms with van der Waals surface area (Å²) in [6.07, 6.45) is 7.04. The highest BCUT2D eigenvalue weighted by Crippen LogP contribution is 2.40. The van der Waals surface area contributed by atoms with Gasteiger partial charge in [0.05, 0.1) is 17.7 Å². The standard InChI is InChI=1S/C18H25ClN2O2/c19-14-6-4-5-13-15(7-10-23-17(13)14)21-16(22)11-18(12-20)8-2-1-3-9-18/h4-6,15H,1-3,7-12,20H2,(H,21,22). The van der Waals surface area contributed by atoms with Crippen LogP contribution in [0.3, 0.4) is 0 Å². The predicted molar refractivity (Wildman–Crippen MR) is 91.6 cm³/mol. The molecule has 3 N–H and O–H groups in total. The van der Waals surface area contributed by atoms with Crippen LogP contribution in [0.2, 0.25) is 5.02 Å². The van der Waals surface area contributed by atoms with Crippen molar-refractivity contribution in [1.29, 1.82) is 0 Å². The molecule has 5 heteroatoms. The Hall–Kier alpha value is -1.26. The fourth-order valence-electron chi connectivity index (χ4n) is 3.88. The van der Waals surface area contributed by atoms with Crippen molar-refractivity contribution < 1.29 is 9.53 Å². The monoisotopic (exact) mass is 336 g/mol. The van der Waals surface area contributed by atoms with Crippen LogP contribution in [0.5, 0.6) is 5.75 Å². The van der Waals surface area contributed by atoms with Crippen LogP contribution in [0, 0.1) is 5.41 Å². The van der Waals surface area contributed by atoms with Gasteiger partial charge in [0.25, 0.3) is 0 Å². The molecule has 4 nitrogen and oxygen atoms in total. The molecule has 1 aliphatic heterocycles. The van der Waals surface area contributed by atoms with Gasteiger partial charge >= 0.3 is 0 Å². The zero-order chi connectivity index (χ0) is 16.3. The number of benzene rings is 1. The molecule has 1 amide bonds. The minimum atomic E-state index is -0.0247. The van der Waals surface area contributed by atoms with Crippen LogP contribution in [0.15, 0.2) is 18.2 Å². The van der Waals surface area contributed by atoms with Crippen LogP contribution in [-0.2, 0) is 4.79 Å². The lowest BCUT2D eigenvalue weighted by atomic mass is 9.71. The van der Waals surface area contributed by atoms with Crippen molar-refractivity contribution in [2.75, 3.05) is 13.2 Å². The summed E-state index contributed by atoms with van der Waals surface area (Å²) in [6, 6.07) is 5.67. The molecular formula is C18H25ClN2O2. The van der Waals surface area contributed by atoms with E-state index in [-0.39, 0.29) is 17.4 Å². The van der Waals surface area contributed by atoms with Crippen molar-refractivity contribution in [3.63, 3.8) is 0 Å². The molecule has 1 aromatic rings. The van der Waals surface area contributed by atoms with Crippen molar-refractivity contribution in [2.24, 2.45) is 11.1 Å². The highest BCUT2D eigenvalue weighted by Gasteiger charge is 2.34. The van der Waals surface area contributed by atoms with E-state index in [4.69, 9.17) is 22.1 Å². The maximum Gasteiger partial charge on any atom is 0.221 e. The third-order valence-corrected chi connectivity index (χ3v) is 5.54. The Labute approximate surface area is 142 Å². The van der Waals surface area contributed by atoms with Gasteiger partial charge in [-0.25, -0.2) is 0 Å². The summed E-state index contributed by atoms with van der Waals surface area (Å²) in [4.78, 5) is 12.6. The van der Waals surface area contributed by atoms with Gasteiger partial charge in [-0.05, 0) is 30.9 Å². The summed E-state index contributed by atoms with van der Waals surface area (Å²) in [5.41, 5.74) is 6.96. The molecule has 1 atom stereocenters. The first-order valence-electron chi connectivity index (χ1n) is 8.54. The smallest absolute Gasteiger partial charge is 0.221 e. The summed E-state index contributed by atoms with van der Waals surface area (Å²) < 4.78 is 5.65. The maximum absolute atomic E-state index is 12.6. The maximum atomic E-state index is 12.6.